The van der Waals surface area contributed by atoms with E-state index in [1.807, 2.05) is 6.08 Å². The van der Waals surface area contributed by atoms with Crippen LogP contribution in [0.2, 0.25) is 10.0 Å². The molecule has 73 heavy (non-hydrogen) atoms. The van der Waals surface area contributed by atoms with Gasteiger partial charge in [0.05, 0.1) is 21.2 Å². The van der Waals surface area contributed by atoms with Crippen LogP contribution in [0.4, 0.5) is 0 Å². The highest BCUT2D eigenvalue weighted by Gasteiger charge is 2.60. The van der Waals surface area contributed by atoms with Gasteiger partial charge in [0, 0.05) is 0 Å². The van der Waals surface area contributed by atoms with Crippen molar-refractivity contribution in [3.05, 3.63) is 133 Å². The lowest BCUT2D eigenvalue weighted by Crippen LogP contribution is -2.53. The Morgan fingerprint density at radius 3 is 1.73 bits per heavy atom. The van der Waals surface area contributed by atoms with E-state index in [1.165, 1.54) is 107 Å². The zero-order valence-electron chi connectivity index (χ0n) is 42.9. The smallest absolute Gasteiger partial charge is 0.339 e. The summed E-state index contributed by atoms with van der Waals surface area (Å²) in [5.41, 5.74) is 2.80. The van der Waals surface area contributed by atoms with Crippen molar-refractivity contribution in [2.45, 2.75) is 138 Å². The minimum atomic E-state index is -1.31. The third kappa shape index (κ3) is 11.7. The van der Waals surface area contributed by atoms with E-state index in [0.29, 0.717) is 56.9 Å². The van der Waals surface area contributed by atoms with E-state index in [1.54, 1.807) is 36.4 Å². The van der Waals surface area contributed by atoms with E-state index >= 15 is 0 Å². The van der Waals surface area contributed by atoms with Crippen LogP contribution >= 0.6 is 23.2 Å². The summed E-state index contributed by atoms with van der Waals surface area (Å²) in [5, 5.41) is 40.1. The van der Waals surface area contributed by atoms with Crippen LogP contribution in [0.15, 0.2) is 78.9 Å². The second-order valence-corrected chi connectivity index (χ2v) is 23.7. The number of carboxylic acid groups (broad SMARTS) is 4. The average molecular weight is 1040 g/mol. The third-order valence-corrected chi connectivity index (χ3v) is 18.7. The molecule has 0 aliphatic heterocycles. The predicted octanol–water partition coefficient (Wildman–Crippen LogP) is 15.9. The molecule has 0 aromatic heterocycles. The number of hydrogen-bond acceptors (Lipinski definition) is 6. The number of halogens is 2. The van der Waals surface area contributed by atoms with Crippen molar-refractivity contribution in [2.24, 2.45) is 58.2 Å². The first-order valence-electron chi connectivity index (χ1n) is 26.5. The fraction of sp³-hybridized carbons (Fsp3) is 0.508. The Hall–Kier alpha value is -5.32. The van der Waals surface area contributed by atoms with Crippen LogP contribution in [0.1, 0.15) is 188 Å². The summed E-state index contributed by atoms with van der Waals surface area (Å²) in [4.78, 5) is 49.2. The highest BCUT2D eigenvalue weighted by atomic mass is 35.5. The Bertz CT molecular complexity index is 2610. The number of rotatable bonds is 20. The Balaban J connectivity index is 1.04. The van der Waals surface area contributed by atoms with Crippen LogP contribution in [0.25, 0.3) is 5.57 Å². The molecule has 390 valence electrons. The van der Waals surface area contributed by atoms with E-state index < -0.39 is 23.9 Å². The molecule has 1 unspecified atom stereocenters. The van der Waals surface area contributed by atoms with Gasteiger partial charge in [-0.15, -0.1) is 0 Å². The summed E-state index contributed by atoms with van der Waals surface area (Å²) in [6.45, 7) is 12.2. The van der Waals surface area contributed by atoms with E-state index in [4.69, 9.17) is 32.7 Å². The normalized spacial score (nSPS) is 25.7. The number of aromatic carboxylic acids is 4. The van der Waals surface area contributed by atoms with Crippen molar-refractivity contribution in [3.63, 3.8) is 0 Å². The number of benzene rings is 4. The summed E-state index contributed by atoms with van der Waals surface area (Å²) >= 11 is 13.8. The highest BCUT2D eigenvalue weighted by Crippen LogP contribution is 2.69. The first-order valence-corrected chi connectivity index (χ1v) is 27.3. The maximum atomic E-state index is 13.0. The SMILES string of the molecule is CC(C)CCC[C@@H](C)[C@H]1CC[C@H]2[C@@H]3CCC4C[C@@H](CCC=C(c5cc(Cl)c(OCc6cccc(C(=O)O)c6)c(C(=O)O)c5)c5cc(Cl)c(OCc6cccc(C(=O)O)c6)c(C(=O)O)c5)CC[C@]4(C)[C@H]3CC[C@]12C. The number of hydrogen-bond donors (Lipinski definition) is 4. The summed E-state index contributed by atoms with van der Waals surface area (Å²) in [5.74, 6) is 0.960. The summed E-state index contributed by atoms with van der Waals surface area (Å²) in [6.07, 6.45) is 19.2. The molecule has 0 spiro atoms. The molecule has 10 nitrogen and oxygen atoms in total. The molecule has 0 radical (unpaired) electrons. The molecule has 4 aromatic carbocycles. The van der Waals surface area contributed by atoms with Crippen molar-refractivity contribution < 1.29 is 49.1 Å². The van der Waals surface area contributed by atoms with Crippen molar-refractivity contribution in [3.8, 4) is 11.5 Å². The maximum Gasteiger partial charge on any atom is 0.339 e. The Kier molecular flexibility index (Phi) is 16.7. The fourth-order valence-electron chi connectivity index (χ4n) is 14.5. The lowest BCUT2D eigenvalue weighted by Gasteiger charge is -2.61. The predicted molar refractivity (Wildman–Crippen MR) is 285 cm³/mol. The zero-order chi connectivity index (χ0) is 52.4. The monoisotopic (exact) mass is 1030 g/mol. The van der Waals surface area contributed by atoms with Crippen LogP contribution in [-0.4, -0.2) is 44.3 Å². The molecule has 4 N–H and O–H groups in total. The second-order valence-electron chi connectivity index (χ2n) is 22.9. The van der Waals surface area contributed by atoms with Gasteiger partial charge in [-0.3, -0.25) is 0 Å². The van der Waals surface area contributed by atoms with E-state index in [9.17, 15) is 39.6 Å². The van der Waals surface area contributed by atoms with Gasteiger partial charge in [-0.2, -0.15) is 0 Å². The van der Waals surface area contributed by atoms with Crippen molar-refractivity contribution in [1.82, 2.24) is 0 Å². The van der Waals surface area contributed by atoms with Crippen molar-refractivity contribution in [2.75, 3.05) is 0 Å². The van der Waals surface area contributed by atoms with E-state index in [2.05, 4.69) is 34.6 Å². The van der Waals surface area contributed by atoms with E-state index in [-0.39, 0.29) is 57.0 Å². The average Bonchev–Trinajstić information content (AvgIpc) is 3.71. The molecule has 4 aliphatic carbocycles. The number of fused-ring (bicyclic) bond motifs is 5. The van der Waals surface area contributed by atoms with Gasteiger partial charge < -0.3 is 29.9 Å². The molecular weight excluding hydrogens is 964 g/mol. The van der Waals surface area contributed by atoms with Gasteiger partial charge >= 0.3 is 23.9 Å². The van der Waals surface area contributed by atoms with Gasteiger partial charge in [0.15, 0.2) is 11.5 Å². The first kappa shape index (κ1) is 54.0. The minimum absolute atomic E-state index is 0.00207. The molecule has 9 atom stereocenters. The lowest BCUT2D eigenvalue weighted by atomic mass is 9.44. The molecule has 4 fully saturated rings. The van der Waals surface area contributed by atoms with Gasteiger partial charge in [-0.25, -0.2) is 19.2 Å². The minimum Gasteiger partial charge on any atom is -0.486 e. The molecule has 4 aromatic rings. The standard InChI is InChI=1S/C61H72Cl2O10/c1-35(2)10-6-11-36(3)49-20-21-50-46-19-18-44-28-37(22-24-60(44,4)51(46)23-25-61(49,50)5)12-9-17-45(42-29-47(58(68)69)54(52(62)31-42)72-33-38-13-7-15-40(26-38)56(64)65)43-30-48(59(70)71)55(53(63)32-43)73-34-39-14-8-16-41(27-39)57(66)67/h7-8,13-17,26-27,29-32,35-37,44,46,49-51H,6,9-12,18-25,28,33-34H2,1-5H3,(H,64,65)(H,66,67)(H,68,69)(H,70,71)/t36-,37+,44?,46+,49-,50+,51+,60+,61-/m1/s1. The molecule has 4 saturated carbocycles. The number of carboxylic acids is 4. The fourth-order valence-corrected chi connectivity index (χ4v) is 15.1. The van der Waals surface area contributed by atoms with Gasteiger partial charge in [-0.1, -0.05) is 107 Å². The summed E-state index contributed by atoms with van der Waals surface area (Å²) in [6, 6.07) is 18.4. The molecule has 8 rings (SSSR count). The number of allylic oxidation sites excluding steroid dienone is 1. The van der Waals surface area contributed by atoms with Gasteiger partial charge in [0.25, 0.3) is 0 Å². The molecule has 0 bridgehead atoms. The topological polar surface area (TPSA) is 168 Å². The molecular formula is C61H72Cl2O10. The highest BCUT2D eigenvalue weighted by molar-refractivity contribution is 6.33. The molecule has 4 aliphatic rings. The maximum absolute atomic E-state index is 13.0. The van der Waals surface area contributed by atoms with Crippen LogP contribution in [0, 0.1) is 58.2 Å². The Morgan fingerprint density at radius 2 is 1.19 bits per heavy atom. The number of carbonyl (C=O) groups is 4. The van der Waals surface area contributed by atoms with E-state index in [0.717, 1.165) is 48.3 Å². The first-order chi connectivity index (χ1) is 34.8. The Labute approximate surface area is 440 Å². The van der Waals surface area contributed by atoms with Crippen LogP contribution in [-0.2, 0) is 13.2 Å². The van der Waals surface area contributed by atoms with Crippen LogP contribution in [0.5, 0.6) is 11.5 Å². The largest absolute Gasteiger partial charge is 0.486 e. The quantitative estimate of drug-likeness (QED) is 0.0669. The molecule has 0 heterocycles. The molecule has 0 amide bonds. The summed E-state index contributed by atoms with van der Waals surface area (Å²) < 4.78 is 12.0. The molecule has 12 heteroatoms. The Morgan fingerprint density at radius 1 is 0.644 bits per heavy atom. The second kappa shape index (κ2) is 22.7. The third-order valence-electron chi connectivity index (χ3n) is 18.2. The summed E-state index contributed by atoms with van der Waals surface area (Å²) in [7, 11) is 0. The lowest BCUT2D eigenvalue weighted by molar-refractivity contribution is -0.121. The van der Waals surface area contributed by atoms with Crippen LogP contribution in [0.3, 0.4) is 0 Å². The van der Waals surface area contributed by atoms with Crippen LogP contribution < -0.4 is 9.47 Å². The molecule has 0 saturated heterocycles. The van der Waals surface area contributed by atoms with Crippen molar-refractivity contribution in [1.29, 1.82) is 0 Å². The van der Waals surface area contributed by atoms with Gasteiger partial charge in [0.2, 0.25) is 0 Å². The van der Waals surface area contributed by atoms with Crippen molar-refractivity contribution >= 4 is 52.7 Å². The van der Waals surface area contributed by atoms with Gasteiger partial charge in [-0.05, 0) is 205 Å². The number of ether oxygens (including phenoxy) is 2. The zero-order valence-corrected chi connectivity index (χ0v) is 44.4. The van der Waals surface area contributed by atoms with Gasteiger partial charge in [0.1, 0.15) is 24.3 Å².